The molecule has 0 nitrogen and oxygen atoms in total. The molecule has 0 atom stereocenters. The molecule has 1 heteroatoms. The average molecular weight is 604 g/mol. The molecule has 0 amide bonds. The van der Waals surface area contributed by atoms with Gasteiger partial charge in [-0.2, -0.15) is 132 Å². The predicted molar refractivity (Wildman–Crippen MR) is 169 cm³/mol. The van der Waals surface area contributed by atoms with Crippen molar-refractivity contribution in [2.45, 2.75) is 19.8 Å². The van der Waals surface area contributed by atoms with E-state index in [4.69, 9.17) is 0 Å². The number of hydrogen-bond acceptors (Lipinski definition) is 0. The Morgan fingerprint density at radius 3 is 1.17 bits per heavy atom. The Hall–Kier alpha value is -3.93. The third-order valence-corrected chi connectivity index (χ3v) is 6.45. The van der Waals surface area contributed by atoms with Crippen molar-refractivity contribution in [3.8, 4) is 22.3 Å². The number of hydrogen-bond donors (Lipinski definition) is 0. The molecule has 6 aromatic carbocycles. The molecule has 200 valence electrons. The fraction of sp³-hybridized carbons (Fsp3) is 0.0750. The van der Waals surface area contributed by atoms with Crippen LogP contribution in [0.4, 0.5) is 0 Å². The quantitative estimate of drug-likeness (QED) is 0.152. The minimum atomic E-state index is 1.05. The van der Waals surface area contributed by atoms with Gasteiger partial charge < -0.3 is 0 Å². The summed E-state index contributed by atoms with van der Waals surface area (Å²) in [4.78, 5) is 0. The molecule has 0 bridgehead atoms. The van der Waals surface area contributed by atoms with Gasteiger partial charge in [0.1, 0.15) is 0 Å². The van der Waals surface area contributed by atoms with E-state index in [2.05, 4.69) is 101 Å². The Labute approximate surface area is 260 Å². The third kappa shape index (κ3) is 9.04. The van der Waals surface area contributed by atoms with E-state index in [0.717, 1.165) is 12.8 Å². The summed E-state index contributed by atoms with van der Waals surface area (Å²) in [5, 5.41) is 0. The summed E-state index contributed by atoms with van der Waals surface area (Å²) in [6, 6.07) is 61.2. The van der Waals surface area contributed by atoms with Gasteiger partial charge in [0.05, 0.1) is 0 Å². The summed E-state index contributed by atoms with van der Waals surface area (Å²) < 4.78 is 2.09. The van der Waals surface area contributed by atoms with Gasteiger partial charge in [0, 0.05) is 0 Å². The van der Waals surface area contributed by atoms with E-state index in [0.29, 0.717) is 0 Å². The molecule has 41 heavy (non-hydrogen) atoms. The first-order valence-corrected chi connectivity index (χ1v) is 15.2. The molecule has 0 saturated carbocycles. The fourth-order valence-corrected chi connectivity index (χ4v) is 4.68. The second-order valence-electron chi connectivity index (χ2n) is 9.24. The van der Waals surface area contributed by atoms with Crippen molar-refractivity contribution < 1.29 is 24.2 Å². The number of benzene rings is 6. The molecule has 0 radical (unpaired) electrons. The number of fused-ring (bicyclic) bond motifs is 6. The Morgan fingerprint density at radius 2 is 0.829 bits per heavy atom. The van der Waals surface area contributed by atoms with Crippen molar-refractivity contribution in [1.82, 2.24) is 0 Å². The molecule has 2 aliphatic carbocycles. The van der Waals surface area contributed by atoms with E-state index in [9.17, 15) is 0 Å². The van der Waals surface area contributed by atoms with Crippen LogP contribution in [0.1, 0.15) is 29.2 Å². The first kappa shape index (κ1) is 30.0. The largest absolute Gasteiger partial charge is 0.184 e. The summed E-state index contributed by atoms with van der Waals surface area (Å²) in [6.45, 7) is 2.04. The SMILES string of the molecule is C[CH]=[Zr].[c-]1cccc2c1Cc1ccccc1-2.[c-]1cccc2c1Cc1ccccc1-2.[c-]1ccccc1.[c-]1ccccc1. The molecule has 0 unspecified atom stereocenters. The van der Waals surface area contributed by atoms with Crippen LogP contribution in [-0.2, 0) is 37.1 Å². The molecule has 0 spiro atoms. The minimum absolute atomic E-state index is 1.05. The van der Waals surface area contributed by atoms with Gasteiger partial charge in [-0.05, 0) is 12.8 Å². The van der Waals surface area contributed by atoms with Gasteiger partial charge in [0.25, 0.3) is 0 Å². The molecule has 2 aliphatic rings. The maximum absolute atomic E-state index is 3.30. The molecule has 6 aromatic rings. The smallest absolute Gasteiger partial charge is 0.0253 e. The van der Waals surface area contributed by atoms with Gasteiger partial charge >= 0.3 is 34.9 Å². The van der Waals surface area contributed by atoms with Crippen LogP contribution in [-0.4, -0.2) is 3.71 Å². The van der Waals surface area contributed by atoms with Gasteiger partial charge in [-0.3, -0.25) is 0 Å². The summed E-state index contributed by atoms with van der Waals surface area (Å²) in [7, 11) is 0. The van der Waals surface area contributed by atoms with Gasteiger partial charge in [-0.25, -0.2) is 0 Å². The van der Waals surface area contributed by atoms with Gasteiger partial charge in [0.15, 0.2) is 0 Å². The zero-order chi connectivity index (χ0) is 28.5. The summed E-state index contributed by atoms with van der Waals surface area (Å²) in [6.07, 6.45) is 2.10. The maximum atomic E-state index is 3.30. The Morgan fingerprint density at radius 1 is 0.463 bits per heavy atom. The monoisotopic (exact) mass is 602 g/mol. The van der Waals surface area contributed by atoms with Crippen LogP contribution in [0, 0.1) is 24.3 Å². The standard InChI is InChI=1S/2C13H9.2C6H5.C2H4.Zr/c2*1-3-7-12-10(5-1)9-11-6-2-4-8-13(11)12;2*1-2-4-6-5-3-1;1-2;/h2*1-5,7-8H,9H2;2*1-5H;1H,2H3;/q4*-1;;. The summed E-state index contributed by atoms with van der Waals surface area (Å²) in [5.74, 6) is 0. The van der Waals surface area contributed by atoms with E-state index in [-0.39, 0.29) is 0 Å². The summed E-state index contributed by atoms with van der Waals surface area (Å²) in [5.41, 5.74) is 11.0. The topological polar surface area (TPSA) is 0 Å². The summed E-state index contributed by atoms with van der Waals surface area (Å²) >= 11 is 1.51. The van der Waals surface area contributed by atoms with E-state index in [1.165, 1.54) is 68.7 Å². The van der Waals surface area contributed by atoms with Crippen LogP contribution in [0.3, 0.4) is 0 Å². The molecule has 0 heterocycles. The van der Waals surface area contributed by atoms with Crippen molar-refractivity contribution in [2.24, 2.45) is 0 Å². The van der Waals surface area contributed by atoms with Gasteiger partial charge in [0.2, 0.25) is 0 Å². The van der Waals surface area contributed by atoms with E-state index in [1.807, 2.05) is 79.7 Å². The van der Waals surface area contributed by atoms with E-state index in [1.54, 1.807) is 0 Å². The Kier molecular flexibility index (Phi) is 12.5. The normalized spacial score (nSPS) is 10.4. The van der Waals surface area contributed by atoms with Crippen molar-refractivity contribution in [3.63, 3.8) is 0 Å². The molecule has 0 aliphatic heterocycles. The predicted octanol–water partition coefficient (Wildman–Crippen LogP) is 9.44. The van der Waals surface area contributed by atoms with Crippen LogP contribution in [0.25, 0.3) is 22.3 Å². The van der Waals surface area contributed by atoms with Crippen molar-refractivity contribution >= 4 is 3.71 Å². The molecule has 0 N–H and O–H groups in total. The zero-order valence-electron chi connectivity index (χ0n) is 23.3. The molecule has 0 aromatic heterocycles. The van der Waals surface area contributed by atoms with E-state index >= 15 is 0 Å². The molecule has 0 fully saturated rings. The van der Waals surface area contributed by atoms with Crippen molar-refractivity contribution in [3.05, 3.63) is 192 Å². The second-order valence-corrected chi connectivity index (χ2v) is 10.7. The fourth-order valence-electron chi connectivity index (χ4n) is 4.68. The van der Waals surface area contributed by atoms with E-state index < -0.39 is 0 Å². The maximum Gasteiger partial charge on any atom is -0.0253 e. The van der Waals surface area contributed by atoms with Crippen LogP contribution < -0.4 is 0 Å². The first-order valence-electron chi connectivity index (χ1n) is 13.7. The molecular formula is C40H32Zr-4. The molecule has 8 rings (SSSR count). The minimum Gasteiger partial charge on any atom is -0.184 e. The van der Waals surface area contributed by atoms with Crippen LogP contribution in [0.5, 0.6) is 0 Å². The van der Waals surface area contributed by atoms with Crippen LogP contribution >= 0.6 is 0 Å². The van der Waals surface area contributed by atoms with Crippen molar-refractivity contribution in [2.75, 3.05) is 0 Å². The Balaban J connectivity index is 0.000000129. The van der Waals surface area contributed by atoms with Crippen LogP contribution in [0.15, 0.2) is 146 Å². The van der Waals surface area contributed by atoms with Crippen LogP contribution in [0.2, 0.25) is 0 Å². The Bertz CT molecular complexity index is 1340. The van der Waals surface area contributed by atoms with Crippen molar-refractivity contribution in [1.29, 1.82) is 0 Å². The second kappa shape index (κ2) is 17.0. The zero-order valence-corrected chi connectivity index (χ0v) is 25.8. The molecule has 0 saturated heterocycles. The third-order valence-electron chi connectivity index (χ3n) is 6.45. The average Bonchev–Trinajstić information content (AvgIpc) is 3.63. The molecular weight excluding hydrogens is 572 g/mol. The van der Waals surface area contributed by atoms with Gasteiger partial charge in [-0.1, -0.05) is 70.8 Å². The van der Waals surface area contributed by atoms with Gasteiger partial charge in [-0.15, -0.1) is 11.1 Å². The first-order chi connectivity index (χ1) is 20.3. The number of rotatable bonds is 0.